The number of halogens is 1. The molecule has 2 rings (SSSR count). The first kappa shape index (κ1) is 10.3. The minimum atomic E-state index is -0.650. The molecule has 1 aromatic carbocycles. The fourth-order valence-corrected chi connectivity index (χ4v) is 1.34. The summed E-state index contributed by atoms with van der Waals surface area (Å²) in [6.45, 7) is 1.77. The summed E-state index contributed by atoms with van der Waals surface area (Å²) >= 11 is 0. The lowest BCUT2D eigenvalue weighted by atomic mass is 10.1. The molecule has 1 aromatic heterocycles. The van der Waals surface area contributed by atoms with Crippen molar-refractivity contribution in [1.29, 1.82) is 0 Å². The van der Waals surface area contributed by atoms with E-state index < -0.39 is 11.5 Å². The van der Waals surface area contributed by atoms with Crippen molar-refractivity contribution in [2.45, 2.75) is 6.92 Å². The van der Waals surface area contributed by atoms with Crippen molar-refractivity contribution in [3.05, 3.63) is 40.1 Å². The van der Waals surface area contributed by atoms with Gasteiger partial charge in [-0.2, -0.15) is 9.97 Å². The minimum Gasteiger partial charge on any atom is -0.368 e. The fraction of sp³-hybridized carbons (Fsp3) is 0.100. The molecule has 0 unspecified atom stereocenters. The van der Waals surface area contributed by atoms with Gasteiger partial charge >= 0.3 is 5.69 Å². The molecular formula is C10H9FN4O. The Bertz CT molecular complexity index is 594. The lowest BCUT2D eigenvalue weighted by Crippen LogP contribution is -2.15. The third-order valence-electron chi connectivity index (χ3n) is 2.05. The van der Waals surface area contributed by atoms with E-state index in [1.807, 2.05) is 0 Å². The number of aromatic amines is 1. The van der Waals surface area contributed by atoms with Gasteiger partial charge in [-0.25, -0.2) is 9.18 Å². The molecule has 6 heteroatoms. The van der Waals surface area contributed by atoms with E-state index in [0.29, 0.717) is 0 Å². The van der Waals surface area contributed by atoms with Crippen LogP contribution in [0.1, 0.15) is 5.56 Å². The van der Waals surface area contributed by atoms with Crippen molar-refractivity contribution in [1.82, 2.24) is 15.0 Å². The number of hydrogen-bond acceptors (Lipinski definition) is 4. The summed E-state index contributed by atoms with van der Waals surface area (Å²) in [6.07, 6.45) is 0. The van der Waals surface area contributed by atoms with Crippen molar-refractivity contribution in [3.63, 3.8) is 0 Å². The molecule has 0 atom stereocenters. The van der Waals surface area contributed by atoms with Gasteiger partial charge in [0.2, 0.25) is 5.95 Å². The van der Waals surface area contributed by atoms with Crippen LogP contribution in [0.15, 0.2) is 23.0 Å². The molecule has 2 aromatic rings. The Hall–Kier alpha value is -2.24. The van der Waals surface area contributed by atoms with E-state index in [1.54, 1.807) is 13.0 Å². The van der Waals surface area contributed by atoms with Crippen molar-refractivity contribution >= 4 is 5.95 Å². The molecule has 0 aliphatic rings. The van der Waals surface area contributed by atoms with Gasteiger partial charge < -0.3 is 5.73 Å². The number of nitrogens with zero attached hydrogens (tertiary/aromatic N) is 2. The maximum Gasteiger partial charge on any atom is 0.349 e. The summed E-state index contributed by atoms with van der Waals surface area (Å²) < 4.78 is 13.6. The summed E-state index contributed by atoms with van der Waals surface area (Å²) in [7, 11) is 0. The normalized spacial score (nSPS) is 10.4. The summed E-state index contributed by atoms with van der Waals surface area (Å²) in [5.74, 6) is -0.567. The van der Waals surface area contributed by atoms with Crippen LogP contribution in [0.3, 0.4) is 0 Å². The molecule has 3 N–H and O–H groups in total. The maximum atomic E-state index is 13.6. The molecule has 0 bridgehead atoms. The quantitative estimate of drug-likeness (QED) is 0.746. The molecule has 82 valence electrons. The molecule has 16 heavy (non-hydrogen) atoms. The summed E-state index contributed by atoms with van der Waals surface area (Å²) in [5.41, 5.74) is 5.64. The Morgan fingerprint density at radius 1 is 1.38 bits per heavy atom. The zero-order chi connectivity index (χ0) is 11.7. The van der Waals surface area contributed by atoms with Crippen molar-refractivity contribution in [2.75, 3.05) is 5.73 Å². The number of hydrogen-bond donors (Lipinski definition) is 2. The fourth-order valence-electron chi connectivity index (χ4n) is 1.34. The highest BCUT2D eigenvalue weighted by Crippen LogP contribution is 2.19. The smallest absolute Gasteiger partial charge is 0.349 e. The predicted molar refractivity (Wildman–Crippen MR) is 57.2 cm³/mol. The number of H-pyrrole nitrogens is 1. The van der Waals surface area contributed by atoms with Gasteiger partial charge in [0.25, 0.3) is 0 Å². The second kappa shape index (κ2) is 3.73. The van der Waals surface area contributed by atoms with E-state index in [4.69, 9.17) is 5.73 Å². The van der Waals surface area contributed by atoms with E-state index in [1.165, 1.54) is 12.1 Å². The van der Waals surface area contributed by atoms with Crippen LogP contribution in [-0.4, -0.2) is 15.0 Å². The largest absolute Gasteiger partial charge is 0.368 e. The monoisotopic (exact) mass is 220 g/mol. The number of anilines is 1. The molecule has 0 amide bonds. The molecule has 0 fully saturated rings. The van der Waals surface area contributed by atoms with Gasteiger partial charge in [0, 0.05) is 0 Å². The van der Waals surface area contributed by atoms with Gasteiger partial charge in [-0.1, -0.05) is 6.07 Å². The van der Waals surface area contributed by atoms with Crippen LogP contribution in [0.25, 0.3) is 11.4 Å². The number of aromatic nitrogens is 3. The van der Waals surface area contributed by atoms with Crippen molar-refractivity contribution in [2.24, 2.45) is 0 Å². The number of nitrogens with two attached hydrogens (primary N) is 1. The topological polar surface area (TPSA) is 84.7 Å². The first-order valence-corrected chi connectivity index (χ1v) is 4.56. The van der Waals surface area contributed by atoms with E-state index in [9.17, 15) is 9.18 Å². The number of rotatable bonds is 1. The number of nitrogen functional groups attached to an aromatic ring is 1. The number of nitrogens with one attached hydrogen (secondary N) is 1. The summed E-state index contributed by atoms with van der Waals surface area (Å²) in [4.78, 5) is 20.5. The van der Waals surface area contributed by atoms with Crippen LogP contribution >= 0.6 is 0 Å². The van der Waals surface area contributed by atoms with Gasteiger partial charge in [0.05, 0.1) is 5.56 Å². The third kappa shape index (κ3) is 1.90. The van der Waals surface area contributed by atoms with Crippen LogP contribution in [0, 0.1) is 12.7 Å². The molecule has 0 spiro atoms. The molecular weight excluding hydrogens is 211 g/mol. The standard InChI is InChI=1S/C10H9FN4O/c1-5-2-3-6(7(11)4-5)8-13-9(12)15-10(16)14-8/h2-4H,1H3,(H3,12,13,14,15,16). The number of benzene rings is 1. The average Bonchev–Trinajstić information content (AvgIpc) is 2.15. The van der Waals surface area contributed by atoms with Gasteiger partial charge in [-0.15, -0.1) is 0 Å². The Morgan fingerprint density at radius 2 is 2.12 bits per heavy atom. The predicted octanol–water partition coefficient (Wildman–Crippen LogP) is 0.862. The third-order valence-corrected chi connectivity index (χ3v) is 2.05. The highest BCUT2D eigenvalue weighted by atomic mass is 19.1. The SMILES string of the molecule is Cc1ccc(-c2nc(N)nc(=O)[nH]2)c(F)c1. The van der Waals surface area contributed by atoms with E-state index in [-0.39, 0.29) is 17.3 Å². The van der Waals surface area contributed by atoms with Gasteiger partial charge in [0.1, 0.15) is 11.6 Å². The highest BCUT2D eigenvalue weighted by Gasteiger charge is 2.08. The molecule has 0 saturated carbocycles. The Labute approximate surface area is 90.2 Å². The Balaban J connectivity index is 2.63. The van der Waals surface area contributed by atoms with Crippen LogP contribution in [0.5, 0.6) is 0 Å². The van der Waals surface area contributed by atoms with E-state index in [2.05, 4.69) is 15.0 Å². The van der Waals surface area contributed by atoms with Crippen LogP contribution < -0.4 is 11.4 Å². The lowest BCUT2D eigenvalue weighted by Gasteiger charge is -2.03. The Morgan fingerprint density at radius 3 is 2.75 bits per heavy atom. The zero-order valence-electron chi connectivity index (χ0n) is 8.49. The van der Waals surface area contributed by atoms with Gasteiger partial charge in [-0.05, 0) is 24.6 Å². The van der Waals surface area contributed by atoms with Gasteiger partial charge in [-0.3, -0.25) is 4.98 Å². The maximum absolute atomic E-state index is 13.6. The molecule has 0 radical (unpaired) electrons. The number of aryl methyl sites for hydroxylation is 1. The lowest BCUT2D eigenvalue weighted by molar-refractivity contribution is 0.628. The molecule has 0 saturated heterocycles. The molecule has 5 nitrogen and oxygen atoms in total. The van der Waals surface area contributed by atoms with E-state index >= 15 is 0 Å². The van der Waals surface area contributed by atoms with Crippen molar-refractivity contribution < 1.29 is 4.39 Å². The van der Waals surface area contributed by atoms with Gasteiger partial charge in [0.15, 0.2) is 0 Å². The van der Waals surface area contributed by atoms with Crippen LogP contribution in [-0.2, 0) is 0 Å². The first-order valence-electron chi connectivity index (χ1n) is 4.56. The van der Waals surface area contributed by atoms with Crippen molar-refractivity contribution in [3.8, 4) is 11.4 Å². The minimum absolute atomic E-state index is 0.0787. The second-order valence-corrected chi connectivity index (χ2v) is 3.34. The summed E-state index contributed by atoms with van der Waals surface area (Å²) in [6, 6.07) is 4.60. The van der Waals surface area contributed by atoms with Crippen LogP contribution in [0.2, 0.25) is 0 Å². The average molecular weight is 220 g/mol. The van der Waals surface area contributed by atoms with E-state index in [0.717, 1.165) is 5.56 Å². The highest BCUT2D eigenvalue weighted by molar-refractivity contribution is 5.56. The zero-order valence-corrected chi connectivity index (χ0v) is 8.49. The second-order valence-electron chi connectivity index (χ2n) is 3.34. The van der Waals surface area contributed by atoms with Crippen LogP contribution in [0.4, 0.5) is 10.3 Å². The molecule has 0 aliphatic carbocycles. The molecule has 0 aliphatic heterocycles. The first-order chi connectivity index (χ1) is 7.56. The molecule has 1 heterocycles. The Kier molecular flexibility index (Phi) is 2.40. The summed E-state index contributed by atoms with van der Waals surface area (Å²) in [5, 5.41) is 0.